The summed E-state index contributed by atoms with van der Waals surface area (Å²) in [5.41, 5.74) is 3.02. The van der Waals surface area contributed by atoms with Gasteiger partial charge in [0.1, 0.15) is 5.88 Å². The van der Waals surface area contributed by atoms with Gasteiger partial charge in [0.25, 0.3) is 10.1 Å². The number of carbonyl (C=O) groups excluding carboxylic acids is 1. The highest BCUT2D eigenvalue weighted by Crippen LogP contribution is 2.22. The zero-order chi connectivity index (χ0) is 18.4. The molecule has 0 aliphatic heterocycles. The van der Waals surface area contributed by atoms with Crippen molar-refractivity contribution in [2.75, 3.05) is 5.88 Å². The Morgan fingerprint density at radius 2 is 1.84 bits per heavy atom. The molecule has 0 saturated carbocycles. The molecule has 0 aliphatic carbocycles. The quantitative estimate of drug-likeness (QED) is 0.639. The van der Waals surface area contributed by atoms with Crippen molar-refractivity contribution >= 4 is 27.6 Å². The first-order valence-electron chi connectivity index (χ1n) is 7.56. The van der Waals surface area contributed by atoms with Crippen LogP contribution < -0.4 is 10.6 Å². The first kappa shape index (κ1) is 19.4. The maximum absolute atomic E-state index is 11.7. The van der Waals surface area contributed by atoms with Crippen LogP contribution in [0.15, 0.2) is 48.5 Å². The van der Waals surface area contributed by atoms with Crippen LogP contribution in [0.5, 0.6) is 0 Å². The van der Waals surface area contributed by atoms with Crippen molar-refractivity contribution in [1.82, 2.24) is 10.6 Å². The summed E-state index contributed by atoms with van der Waals surface area (Å²) in [6.45, 7) is 2.05. The summed E-state index contributed by atoms with van der Waals surface area (Å²) in [5.74, 6) is -1.31. The lowest BCUT2D eigenvalue weighted by Crippen LogP contribution is -2.43. The summed E-state index contributed by atoms with van der Waals surface area (Å²) in [5, 5.41) is 5.81. The van der Waals surface area contributed by atoms with Crippen molar-refractivity contribution in [3.05, 3.63) is 59.1 Å². The van der Waals surface area contributed by atoms with Crippen LogP contribution in [0.1, 0.15) is 12.5 Å². The van der Waals surface area contributed by atoms with Crippen molar-refractivity contribution in [2.45, 2.75) is 19.5 Å². The van der Waals surface area contributed by atoms with Crippen LogP contribution in [-0.2, 0) is 21.5 Å². The summed E-state index contributed by atoms with van der Waals surface area (Å²) in [4.78, 5) is 11.7. The Morgan fingerprint density at radius 3 is 2.44 bits per heavy atom. The van der Waals surface area contributed by atoms with Crippen LogP contribution in [0.2, 0.25) is 5.02 Å². The third kappa shape index (κ3) is 6.47. The number of halogens is 1. The molecule has 3 N–H and O–H groups in total. The van der Waals surface area contributed by atoms with Gasteiger partial charge in [-0.05, 0) is 35.7 Å². The standard InChI is InChI=1S/C17H19ClN2O4S/c1-12(17(21)20-11-25(22,23)24)19-10-13-5-7-14(8-6-13)15-3-2-4-16(18)9-15/h2-9,12,19H,10-11H2,1H3,(H,20,21)(H,22,23,24)/t12-/m0/s1. The molecular weight excluding hydrogens is 364 g/mol. The first-order chi connectivity index (χ1) is 11.7. The maximum atomic E-state index is 11.7. The van der Waals surface area contributed by atoms with Gasteiger partial charge in [-0.3, -0.25) is 9.35 Å². The Labute approximate surface area is 152 Å². The van der Waals surface area contributed by atoms with Crippen LogP contribution >= 0.6 is 11.6 Å². The van der Waals surface area contributed by atoms with Gasteiger partial charge in [-0.25, -0.2) is 0 Å². The molecular formula is C17H19ClN2O4S. The predicted octanol–water partition coefficient (Wildman–Crippen LogP) is 2.45. The zero-order valence-corrected chi connectivity index (χ0v) is 15.1. The molecule has 0 unspecified atom stereocenters. The van der Waals surface area contributed by atoms with E-state index in [4.69, 9.17) is 16.2 Å². The second-order valence-electron chi connectivity index (χ2n) is 5.58. The van der Waals surface area contributed by atoms with Crippen LogP contribution in [0.4, 0.5) is 0 Å². The smallest absolute Gasteiger partial charge is 0.283 e. The van der Waals surface area contributed by atoms with E-state index in [1.807, 2.05) is 48.5 Å². The molecule has 0 spiro atoms. The van der Waals surface area contributed by atoms with Gasteiger partial charge in [0.15, 0.2) is 0 Å². The summed E-state index contributed by atoms with van der Waals surface area (Å²) in [6.07, 6.45) is 0. The zero-order valence-electron chi connectivity index (χ0n) is 13.6. The van der Waals surface area contributed by atoms with Gasteiger partial charge in [-0.15, -0.1) is 0 Å². The molecule has 134 valence electrons. The Balaban J connectivity index is 1.90. The van der Waals surface area contributed by atoms with E-state index < -0.39 is 27.9 Å². The van der Waals surface area contributed by atoms with Crippen molar-refractivity contribution in [3.8, 4) is 11.1 Å². The van der Waals surface area contributed by atoms with E-state index >= 15 is 0 Å². The molecule has 25 heavy (non-hydrogen) atoms. The fraction of sp³-hybridized carbons (Fsp3) is 0.235. The van der Waals surface area contributed by atoms with Crippen LogP contribution in [0.3, 0.4) is 0 Å². The summed E-state index contributed by atoms with van der Waals surface area (Å²) in [6, 6.07) is 14.8. The molecule has 1 atom stereocenters. The van der Waals surface area contributed by atoms with Crippen molar-refractivity contribution in [2.24, 2.45) is 0 Å². The van der Waals surface area contributed by atoms with E-state index in [-0.39, 0.29) is 0 Å². The molecule has 2 aromatic carbocycles. The molecule has 0 bridgehead atoms. The molecule has 0 fully saturated rings. The second-order valence-corrected chi connectivity index (χ2v) is 7.47. The minimum atomic E-state index is -4.22. The van der Waals surface area contributed by atoms with Gasteiger partial charge in [0.2, 0.25) is 5.91 Å². The third-order valence-corrected chi connectivity index (χ3v) is 4.29. The van der Waals surface area contributed by atoms with Crippen molar-refractivity contribution < 1.29 is 17.8 Å². The molecule has 2 rings (SSSR count). The Bertz CT molecular complexity index is 838. The second kappa shape index (κ2) is 8.44. The van der Waals surface area contributed by atoms with E-state index in [1.54, 1.807) is 6.92 Å². The molecule has 6 nitrogen and oxygen atoms in total. The lowest BCUT2D eigenvalue weighted by atomic mass is 10.0. The van der Waals surface area contributed by atoms with E-state index in [2.05, 4.69) is 10.6 Å². The third-order valence-electron chi connectivity index (χ3n) is 3.55. The van der Waals surface area contributed by atoms with Crippen LogP contribution in [0.25, 0.3) is 11.1 Å². The SMILES string of the molecule is C[C@H](NCc1ccc(-c2cccc(Cl)c2)cc1)C(=O)NCS(=O)(=O)O. The molecule has 0 radical (unpaired) electrons. The number of amides is 1. The van der Waals surface area contributed by atoms with E-state index in [0.29, 0.717) is 11.6 Å². The average Bonchev–Trinajstić information content (AvgIpc) is 2.57. The van der Waals surface area contributed by atoms with Gasteiger partial charge in [0.05, 0.1) is 6.04 Å². The van der Waals surface area contributed by atoms with Gasteiger partial charge in [0, 0.05) is 11.6 Å². The largest absolute Gasteiger partial charge is 0.339 e. The summed E-state index contributed by atoms with van der Waals surface area (Å²) >= 11 is 5.99. The highest BCUT2D eigenvalue weighted by atomic mass is 35.5. The predicted molar refractivity (Wildman–Crippen MR) is 97.7 cm³/mol. The highest BCUT2D eigenvalue weighted by Gasteiger charge is 2.14. The Hall–Kier alpha value is -1.93. The number of benzene rings is 2. The van der Waals surface area contributed by atoms with Gasteiger partial charge >= 0.3 is 0 Å². The fourth-order valence-corrected chi connectivity index (χ4v) is 2.68. The summed E-state index contributed by atoms with van der Waals surface area (Å²) < 4.78 is 29.9. The van der Waals surface area contributed by atoms with Crippen LogP contribution in [-0.4, -0.2) is 30.8 Å². The van der Waals surface area contributed by atoms with E-state index in [1.165, 1.54) is 0 Å². The highest BCUT2D eigenvalue weighted by molar-refractivity contribution is 7.85. The van der Waals surface area contributed by atoms with Crippen LogP contribution in [0, 0.1) is 0 Å². The normalized spacial score (nSPS) is 12.6. The maximum Gasteiger partial charge on any atom is 0.283 e. The number of hydrogen-bond acceptors (Lipinski definition) is 4. The number of carbonyl (C=O) groups is 1. The van der Waals surface area contributed by atoms with Gasteiger partial charge in [-0.2, -0.15) is 8.42 Å². The van der Waals surface area contributed by atoms with E-state index in [0.717, 1.165) is 16.7 Å². The molecule has 2 aromatic rings. The molecule has 0 saturated heterocycles. The monoisotopic (exact) mass is 382 g/mol. The van der Waals surface area contributed by atoms with Crippen molar-refractivity contribution in [3.63, 3.8) is 0 Å². The fourth-order valence-electron chi connectivity index (χ4n) is 2.16. The molecule has 1 amide bonds. The first-order valence-corrected chi connectivity index (χ1v) is 9.54. The molecule has 0 aliphatic rings. The number of hydrogen-bond donors (Lipinski definition) is 3. The summed E-state index contributed by atoms with van der Waals surface area (Å²) in [7, 11) is -4.22. The van der Waals surface area contributed by atoms with Crippen molar-refractivity contribution in [1.29, 1.82) is 0 Å². The number of nitrogens with one attached hydrogen (secondary N) is 2. The average molecular weight is 383 g/mol. The lowest BCUT2D eigenvalue weighted by molar-refractivity contribution is -0.122. The molecule has 8 heteroatoms. The van der Waals surface area contributed by atoms with E-state index in [9.17, 15) is 13.2 Å². The minimum Gasteiger partial charge on any atom is -0.339 e. The number of rotatable bonds is 7. The Morgan fingerprint density at radius 1 is 1.16 bits per heavy atom. The van der Waals surface area contributed by atoms with Gasteiger partial charge < -0.3 is 10.6 Å². The molecule has 0 heterocycles. The van der Waals surface area contributed by atoms with Gasteiger partial charge in [-0.1, -0.05) is 48.0 Å². The topological polar surface area (TPSA) is 95.5 Å². The lowest BCUT2D eigenvalue weighted by Gasteiger charge is -2.13. The minimum absolute atomic E-state index is 0.441. The Kier molecular flexibility index (Phi) is 6.55. The molecule has 0 aromatic heterocycles.